The van der Waals surface area contributed by atoms with E-state index in [-0.39, 0.29) is 29.9 Å². The maximum absolute atomic E-state index is 12.7. The van der Waals surface area contributed by atoms with Gasteiger partial charge in [0.2, 0.25) is 5.95 Å². The van der Waals surface area contributed by atoms with Gasteiger partial charge in [0.15, 0.2) is 5.96 Å². The number of alkyl halides is 3. The molecule has 0 spiro atoms. The van der Waals surface area contributed by atoms with Crippen molar-refractivity contribution in [3.8, 4) is 5.75 Å². The summed E-state index contributed by atoms with van der Waals surface area (Å²) < 4.78 is 43.4. The molecule has 8 nitrogen and oxygen atoms in total. The second-order valence-electron chi connectivity index (χ2n) is 6.84. The molecule has 0 bridgehead atoms. The molecule has 2 aromatic rings. The predicted molar refractivity (Wildman–Crippen MR) is 129 cm³/mol. The minimum Gasteiger partial charge on any atom is -0.497 e. The highest BCUT2D eigenvalue weighted by atomic mass is 127. The Morgan fingerprint density at radius 2 is 1.78 bits per heavy atom. The second kappa shape index (κ2) is 11.9. The van der Waals surface area contributed by atoms with Gasteiger partial charge in [0, 0.05) is 58.2 Å². The third-order valence-electron chi connectivity index (χ3n) is 4.87. The van der Waals surface area contributed by atoms with Gasteiger partial charge in [-0.1, -0.05) is 0 Å². The van der Waals surface area contributed by atoms with E-state index in [2.05, 4.69) is 35.4 Å². The summed E-state index contributed by atoms with van der Waals surface area (Å²) in [5.41, 5.74) is 0.178. The predicted octanol–water partition coefficient (Wildman–Crippen LogP) is 2.93. The molecule has 0 radical (unpaired) electrons. The van der Waals surface area contributed by atoms with Crippen LogP contribution >= 0.6 is 24.0 Å². The van der Waals surface area contributed by atoms with Gasteiger partial charge in [-0.15, -0.1) is 24.0 Å². The first-order chi connectivity index (χ1) is 14.9. The summed E-state index contributed by atoms with van der Waals surface area (Å²) in [7, 11) is 3.36. The van der Waals surface area contributed by atoms with Crippen LogP contribution in [0.5, 0.6) is 5.75 Å². The first-order valence-corrected chi connectivity index (χ1v) is 9.89. The van der Waals surface area contributed by atoms with Crippen LogP contribution in [0.3, 0.4) is 0 Å². The molecule has 3 rings (SSSR count). The van der Waals surface area contributed by atoms with Crippen LogP contribution in [0, 0.1) is 0 Å². The SMILES string of the molecule is CN=C(NCCNc1nccc(C(F)(F)F)n1)N1CCN(c2ccc(OC)cc2)CC1.I. The van der Waals surface area contributed by atoms with Crippen LogP contribution in [0.15, 0.2) is 41.5 Å². The summed E-state index contributed by atoms with van der Waals surface area (Å²) in [6.07, 6.45) is -3.40. The van der Waals surface area contributed by atoms with Gasteiger partial charge in [0.25, 0.3) is 0 Å². The number of ether oxygens (including phenoxy) is 1. The van der Waals surface area contributed by atoms with Crippen LogP contribution < -0.4 is 20.3 Å². The quantitative estimate of drug-likeness (QED) is 0.242. The largest absolute Gasteiger partial charge is 0.497 e. The number of aromatic nitrogens is 2. The molecule has 1 aromatic carbocycles. The van der Waals surface area contributed by atoms with Crippen molar-refractivity contribution in [1.29, 1.82) is 0 Å². The Balaban J connectivity index is 0.00000363. The van der Waals surface area contributed by atoms with Gasteiger partial charge in [0.05, 0.1) is 7.11 Å². The summed E-state index contributed by atoms with van der Waals surface area (Å²) in [5.74, 6) is 1.52. The number of rotatable bonds is 6. The first kappa shape index (κ1) is 25.7. The molecule has 0 aliphatic carbocycles. The van der Waals surface area contributed by atoms with E-state index in [0.717, 1.165) is 55.8 Å². The molecule has 176 valence electrons. The van der Waals surface area contributed by atoms with Gasteiger partial charge in [-0.2, -0.15) is 13.2 Å². The zero-order valence-corrected chi connectivity index (χ0v) is 20.2. The Hall–Kier alpha value is -2.51. The smallest absolute Gasteiger partial charge is 0.433 e. The summed E-state index contributed by atoms with van der Waals surface area (Å²) in [5, 5.41) is 6.03. The van der Waals surface area contributed by atoms with Crippen LogP contribution in [-0.4, -0.2) is 74.3 Å². The van der Waals surface area contributed by atoms with Gasteiger partial charge in [0.1, 0.15) is 11.4 Å². The molecular formula is C20H27F3IN7O. The van der Waals surface area contributed by atoms with Crippen molar-refractivity contribution >= 4 is 41.6 Å². The van der Waals surface area contributed by atoms with Crippen molar-refractivity contribution < 1.29 is 17.9 Å². The molecule has 2 N–H and O–H groups in total. The Morgan fingerprint density at radius 3 is 2.38 bits per heavy atom. The molecule has 0 amide bonds. The molecule has 1 aromatic heterocycles. The highest BCUT2D eigenvalue weighted by molar-refractivity contribution is 14.0. The van der Waals surface area contributed by atoms with Crippen molar-refractivity contribution in [2.75, 3.05) is 63.6 Å². The van der Waals surface area contributed by atoms with E-state index in [1.54, 1.807) is 14.2 Å². The number of benzene rings is 1. The molecular weight excluding hydrogens is 538 g/mol. The Morgan fingerprint density at radius 1 is 1.09 bits per heavy atom. The van der Waals surface area contributed by atoms with Gasteiger partial charge >= 0.3 is 6.18 Å². The number of hydrogen-bond acceptors (Lipinski definition) is 6. The lowest BCUT2D eigenvalue weighted by Crippen LogP contribution is -2.53. The summed E-state index contributed by atoms with van der Waals surface area (Å²) in [4.78, 5) is 16.1. The Bertz CT molecular complexity index is 872. The van der Waals surface area contributed by atoms with Gasteiger partial charge < -0.3 is 25.2 Å². The number of hydrogen-bond donors (Lipinski definition) is 2. The van der Waals surface area contributed by atoms with Gasteiger partial charge in [-0.25, -0.2) is 9.97 Å². The summed E-state index contributed by atoms with van der Waals surface area (Å²) in [6, 6.07) is 8.83. The van der Waals surface area contributed by atoms with Crippen LogP contribution in [0.4, 0.5) is 24.8 Å². The molecule has 1 fully saturated rings. The highest BCUT2D eigenvalue weighted by Gasteiger charge is 2.32. The Kier molecular flexibility index (Phi) is 9.60. The zero-order valence-electron chi connectivity index (χ0n) is 17.9. The number of aliphatic imine (C=N–C) groups is 1. The average Bonchev–Trinajstić information content (AvgIpc) is 2.79. The van der Waals surface area contributed by atoms with E-state index in [9.17, 15) is 13.2 Å². The van der Waals surface area contributed by atoms with Crippen molar-refractivity contribution in [3.63, 3.8) is 0 Å². The number of nitrogens with zero attached hydrogens (tertiary/aromatic N) is 5. The van der Waals surface area contributed by atoms with Crippen LogP contribution in [0.1, 0.15) is 5.69 Å². The highest BCUT2D eigenvalue weighted by Crippen LogP contribution is 2.27. The van der Waals surface area contributed by atoms with Gasteiger partial charge in [-0.3, -0.25) is 4.99 Å². The molecule has 0 unspecified atom stereocenters. The Labute approximate surface area is 202 Å². The van der Waals surface area contributed by atoms with Crippen LogP contribution in [0.25, 0.3) is 0 Å². The lowest BCUT2D eigenvalue weighted by Gasteiger charge is -2.37. The fraction of sp³-hybridized carbons (Fsp3) is 0.450. The minimum atomic E-state index is -4.49. The van der Waals surface area contributed by atoms with E-state index < -0.39 is 11.9 Å². The number of piperazine rings is 1. The maximum atomic E-state index is 12.7. The van der Waals surface area contributed by atoms with Crippen molar-refractivity contribution in [2.24, 2.45) is 4.99 Å². The normalized spacial score (nSPS) is 14.6. The number of guanidine groups is 1. The molecule has 1 aliphatic rings. The van der Waals surface area contributed by atoms with Crippen molar-refractivity contribution in [3.05, 3.63) is 42.2 Å². The third-order valence-corrected chi connectivity index (χ3v) is 4.87. The number of anilines is 2. The van der Waals surface area contributed by atoms with Crippen molar-refractivity contribution in [2.45, 2.75) is 6.18 Å². The summed E-state index contributed by atoms with van der Waals surface area (Å²) >= 11 is 0. The number of halogens is 4. The first-order valence-electron chi connectivity index (χ1n) is 9.89. The number of nitrogens with one attached hydrogen (secondary N) is 2. The van der Waals surface area contributed by atoms with E-state index in [0.29, 0.717) is 13.1 Å². The minimum absolute atomic E-state index is 0. The third kappa shape index (κ3) is 7.00. The molecule has 0 saturated carbocycles. The monoisotopic (exact) mass is 565 g/mol. The number of methoxy groups -OCH3 is 1. The van der Waals surface area contributed by atoms with Crippen LogP contribution in [0.2, 0.25) is 0 Å². The van der Waals surface area contributed by atoms with Gasteiger partial charge in [-0.05, 0) is 30.3 Å². The molecule has 32 heavy (non-hydrogen) atoms. The zero-order chi connectivity index (χ0) is 22.3. The molecule has 1 saturated heterocycles. The van der Waals surface area contributed by atoms with Crippen LogP contribution in [-0.2, 0) is 6.18 Å². The van der Waals surface area contributed by atoms with Crippen molar-refractivity contribution in [1.82, 2.24) is 20.2 Å². The fourth-order valence-electron chi connectivity index (χ4n) is 3.25. The second-order valence-corrected chi connectivity index (χ2v) is 6.84. The van der Waals surface area contributed by atoms with E-state index in [4.69, 9.17) is 4.74 Å². The molecule has 0 atom stereocenters. The molecule has 1 aliphatic heterocycles. The van der Waals surface area contributed by atoms with E-state index >= 15 is 0 Å². The fourth-order valence-corrected chi connectivity index (χ4v) is 3.25. The van der Waals surface area contributed by atoms with E-state index in [1.165, 1.54) is 0 Å². The summed E-state index contributed by atoms with van der Waals surface area (Å²) in [6.45, 7) is 4.12. The average molecular weight is 565 g/mol. The lowest BCUT2D eigenvalue weighted by molar-refractivity contribution is -0.141. The standard InChI is InChI=1S/C20H26F3N7O.HI/c1-24-19(27-10-9-26-18-25-8-7-17(28-18)20(21,22)23)30-13-11-29(12-14-30)15-3-5-16(31-2)6-4-15;/h3-8H,9-14H2,1-2H3,(H,24,27)(H,25,26,28);1H. The molecule has 12 heteroatoms. The lowest BCUT2D eigenvalue weighted by atomic mass is 10.2. The molecule has 2 heterocycles. The van der Waals surface area contributed by atoms with E-state index in [1.807, 2.05) is 24.3 Å². The topological polar surface area (TPSA) is 77.9 Å². The maximum Gasteiger partial charge on any atom is 0.433 e.